The largest absolute Gasteiger partial charge is 0.375 e. The van der Waals surface area contributed by atoms with Crippen molar-refractivity contribution < 1.29 is 9.53 Å². The van der Waals surface area contributed by atoms with Crippen LogP contribution in [0.5, 0.6) is 0 Å². The van der Waals surface area contributed by atoms with E-state index < -0.39 is 0 Å². The van der Waals surface area contributed by atoms with E-state index in [9.17, 15) is 4.79 Å². The summed E-state index contributed by atoms with van der Waals surface area (Å²) in [5.74, 6) is -0.0974. The average molecular weight is 286 g/mol. The van der Waals surface area contributed by atoms with Crippen molar-refractivity contribution in [1.82, 2.24) is 19.9 Å². The van der Waals surface area contributed by atoms with Gasteiger partial charge in [0.05, 0.1) is 30.6 Å². The summed E-state index contributed by atoms with van der Waals surface area (Å²) in [4.78, 5) is 15.8. The first-order chi connectivity index (χ1) is 10.1. The Kier molecular flexibility index (Phi) is 3.70. The Bertz CT molecular complexity index is 626. The van der Waals surface area contributed by atoms with Crippen molar-refractivity contribution in [3.05, 3.63) is 42.2 Å². The first-order valence-corrected chi connectivity index (χ1v) is 7.05. The van der Waals surface area contributed by atoms with E-state index in [2.05, 4.69) is 10.2 Å². The van der Waals surface area contributed by atoms with Crippen LogP contribution < -0.4 is 0 Å². The van der Waals surface area contributed by atoms with Gasteiger partial charge in [-0.1, -0.05) is 18.2 Å². The van der Waals surface area contributed by atoms with E-state index in [0.29, 0.717) is 18.8 Å². The summed E-state index contributed by atoms with van der Waals surface area (Å²) in [6.45, 7) is 5.08. The molecule has 1 saturated heterocycles. The molecule has 0 saturated carbocycles. The van der Waals surface area contributed by atoms with Gasteiger partial charge < -0.3 is 9.64 Å². The molecule has 0 bridgehead atoms. The first-order valence-electron chi connectivity index (χ1n) is 7.05. The van der Waals surface area contributed by atoms with Gasteiger partial charge in [-0.2, -0.15) is 9.90 Å². The van der Waals surface area contributed by atoms with Crippen LogP contribution in [0, 0.1) is 0 Å². The number of hydrogen-bond donors (Lipinski definition) is 0. The van der Waals surface area contributed by atoms with E-state index in [-0.39, 0.29) is 18.1 Å². The van der Waals surface area contributed by atoms with E-state index in [0.717, 1.165) is 5.69 Å². The average Bonchev–Trinajstić information content (AvgIpc) is 3.00. The second kappa shape index (κ2) is 5.65. The molecule has 6 heteroatoms. The predicted molar refractivity (Wildman–Crippen MR) is 77.3 cm³/mol. The highest BCUT2D eigenvalue weighted by Crippen LogP contribution is 2.14. The summed E-state index contributed by atoms with van der Waals surface area (Å²) in [6, 6.07) is 9.59. The van der Waals surface area contributed by atoms with Gasteiger partial charge in [-0.15, -0.1) is 5.10 Å². The van der Waals surface area contributed by atoms with Crippen LogP contribution in [-0.2, 0) is 4.74 Å². The zero-order valence-electron chi connectivity index (χ0n) is 12.1. The van der Waals surface area contributed by atoms with Crippen LogP contribution in [0.4, 0.5) is 0 Å². The van der Waals surface area contributed by atoms with Gasteiger partial charge in [-0.3, -0.25) is 4.79 Å². The predicted octanol–water partition coefficient (Wildman–Crippen LogP) is 1.52. The molecule has 2 heterocycles. The number of nitrogens with zero attached hydrogens (tertiary/aromatic N) is 4. The molecule has 0 aliphatic carbocycles. The maximum absolute atomic E-state index is 12.6. The number of carbonyl (C=O) groups is 1. The highest BCUT2D eigenvalue weighted by Gasteiger charge is 2.29. The molecule has 0 N–H and O–H groups in total. The van der Waals surface area contributed by atoms with Crippen LogP contribution in [0.1, 0.15) is 24.3 Å². The topological polar surface area (TPSA) is 60.2 Å². The summed E-state index contributed by atoms with van der Waals surface area (Å²) in [6.07, 6.45) is 1.57. The molecule has 1 aromatic heterocycles. The fourth-order valence-corrected chi connectivity index (χ4v) is 2.38. The number of aromatic nitrogens is 3. The SMILES string of the molecule is C[C@H]1CN(C(=O)c2cnn(-c3ccccc3)n2)[C@@H](C)CO1. The fraction of sp³-hybridized carbons (Fsp3) is 0.400. The van der Waals surface area contributed by atoms with Gasteiger partial charge in [0.15, 0.2) is 5.69 Å². The molecule has 1 aliphatic heterocycles. The van der Waals surface area contributed by atoms with Crippen molar-refractivity contribution in [2.45, 2.75) is 26.0 Å². The smallest absolute Gasteiger partial charge is 0.276 e. The van der Waals surface area contributed by atoms with Gasteiger partial charge in [-0.25, -0.2) is 0 Å². The van der Waals surface area contributed by atoms with Gasteiger partial charge in [0.2, 0.25) is 0 Å². The molecule has 0 unspecified atom stereocenters. The zero-order valence-corrected chi connectivity index (χ0v) is 12.1. The number of benzene rings is 1. The lowest BCUT2D eigenvalue weighted by Gasteiger charge is -2.36. The lowest BCUT2D eigenvalue weighted by Crippen LogP contribution is -2.50. The number of rotatable bonds is 2. The summed E-state index contributed by atoms with van der Waals surface area (Å²) in [5, 5.41) is 8.46. The minimum Gasteiger partial charge on any atom is -0.375 e. The highest BCUT2D eigenvalue weighted by atomic mass is 16.5. The Balaban J connectivity index is 1.81. The molecule has 2 aromatic rings. The minimum absolute atomic E-state index is 0.0503. The van der Waals surface area contributed by atoms with E-state index in [1.165, 1.54) is 11.0 Å². The van der Waals surface area contributed by atoms with Gasteiger partial charge in [-0.05, 0) is 26.0 Å². The third-order valence-corrected chi connectivity index (χ3v) is 3.57. The quantitative estimate of drug-likeness (QED) is 0.839. The number of hydrogen-bond acceptors (Lipinski definition) is 4. The van der Waals surface area contributed by atoms with Gasteiger partial charge in [0.1, 0.15) is 0 Å². The van der Waals surface area contributed by atoms with Crippen molar-refractivity contribution in [3.8, 4) is 5.69 Å². The van der Waals surface area contributed by atoms with Crippen molar-refractivity contribution >= 4 is 5.91 Å². The van der Waals surface area contributed by atoms with E-state index in [1.54, 1.807) is 4.90 Å². The lowest BCUT2D eigenvalue weighted by molar-refractivity contribution is -0.0389. The Labute approximate surface area is 123 Å². The van der Waals surface area contributed by atoms with Crippen molar-refractivity contribution in [2.24, 2.45) is 0 Å². The molecule has 1 fully saturated rings. The molecular weight excluding hydrogens is 268 g/mol. The molecule has 6 nitrogen and oxygen atoms in total. The molecule has 1 amide bonds. The van der Waals surface area contributed by atoms with Crippen molar-refractivity contribution in [2.75, 3.05) is 13.2 Å². The lowest BCUT2D eigenvalue weighted by atomic mass is 10.2. The monoisotopic (exact) mass is 286 g/mol. The van der Waals surface area contributed by atoms with E-state index in [4.69, 9.17) is 4.74 Å². The maximum Gasteiger partial charge on any atom is 0.276 e. The summed E-state index contributed by atoms with van der Waals surface area (Å²) < 4.78 is 5.55. The molecule has 1 aromatic carbocycles. The summed E-state index contributed by atoms with van der Waals surface area (Å²) >= 11 is 0. The third-order valence-electron chi connectivity index (χ3n) is 3.57. The molecule has 110 valence electrons. The van der Waals surface area contributed by atoms with Crippen LogP contribution in [0.25, 0.3) is 5.69 Å². The van der Waals surface area contributed by atoms with Crippen LogP contribution in [0.2, 0.25) is 0 Å². The second-order valence-corrected chi connectivity index (χ2v) is 5.31. The molecule has 0 spiro atoms. The number of carbonyl (C=O) groups excluding carboxylic acids is 1. The highest BCUT2D eigenvalue weighted by molar-refractivity contribution is 5.92. The first kappa shape index (κ1) is 13.8. The van der Waals surface area contributed by atoms with Crippen molar-refractivity contribution in [1.29, 1.82) is 0 Å². The Morgan fingerprint density at radius 3 is 2.81 bits per heavy atom. The van der Waals surface area contributed by atoms with Crippen LogP contribution >= 0.6 is 0 Å². The minimum atomic E-state index is -0.0974. The fourth-order valence-electron chi connectivity index (χ4n) is 2.38. The van der Waals surface area contributed by atoms with E-state index >= 15 is 0 Å². The molecule has 1 aliphatic rings. The maximum atomic E-state index is 12.6. The third kappa shape index (κ3) is 2.80. The molecule has 3 rings (SSSR count). The van der Waals surface area contributed by atoms with Crippen LogP contribution in [0.15, 0.2) is 36.5 Å². The molecule has 2 atom stereocenters. The summed E-state index contributed by atoms with van der Waals surface area (Å²) in [5.41, 5.74) is 1.19. The van der Waals surface area contributed by atoms with Gasteiger partial charge in [0, 0.05) is 6.54 Å². The molecule has 0 radical (unpaired) electrons. The van der Waals surface area contributed by atoms with Crippen LogP contribution in [-0.4, -0.2) is 51.1 Å². The zero-order chi connectivity index (χ0) is 14.8. The molecule has 21 heavy (non-hydrogen) atoms. The van der Waals surface area contributed by atoms with Gasteiger partial charge in [0.25, 0.3) is 5.91 Å². The van der Waals surface area contributed by atoms with Gasteiger partial charge >= 0.3 is 0 Å². The molecular formula is C15H18N4O2. The van der Waals surface area contributed by atoms with Crippen LogP contribution in [0.3, 0.4) is 0 Å². The summed E-state index contributed by atoms with van der Waals surface area (Å²) in [7, 11) is 0. The normalized spacial score (nSPS) is 22.3. The Hall–Kier alpha value is -2.21. The number of amides is 1. The Morgan fingerprint density at radius 1 is 1.29 bits per heavy atom. The number of ether oxygens (including phenoxy) is 1. The Morgan fingerprint density at radius 2 is 2.05 bits per heavy atom. The standard InChI is InChI=1S/C15H18N4O2/c1-11-10-21-12(2)9-18(11)15(20)14-8-16-19(17-14)13-6-4-3-5-7-13/h3-8,11-12H,9-10H2,1-2H3/t11-,12-/m0/s1. The number of para-hydroxylation sites is 1. The van der Waals surface area contributed by atoms with Crippen molar-refractivity contribution in [3.63, 3.8) is 0 Å². The second-order valence-electron chi connectivity index (χ2n) is 5.31. The number of morpholine rings is 1. The van der Waals surface area contributed by atoms with E-state index in [1.807, 2.05) is 44.2 Å².